The first-order chi connectivity index (χ1) is 14.5. The first-order valence-electron chi connectivity index (χ1n) is 10.4. The van der Waals surface area contributed by atoms with Gasteiger partial charge in [0.15, 0.2) is 5.69 Å². The highest BCUT2D eigenvalue weighted by molar-refractivity contribution is 6.06. The maximum atomic E-state index is 12.9. The smallest absolute Gasteiger partial charge is 0.278 e. The van der Waals surface area contributed by atoms with Gasteiger partial charge in [-0.25, -0.2) is 0 Å². The summed E-state index contributed by atoms with van der Waals surface area (Å²) in [6.45, 7) is 10.6. The van der Waals surface area contributed by atoms with Gasteiger partial charge in [-0.1, -0.05) is 30.3 Å². The molecule has 0 spiro atoms. The average molecular weight is 405 g/mol. The van der Waals surface area contributed by atoms with Crippen LogP contribution in [0.2, 0.25) is 0 Å². The highest BCUT2D eigenvalue weighted by atomic mass is 16.2. The number of hydrogen-bond donors (Lipinski definition) is 2. The van der Waals surface area contributed by atoms with Gasteiger partial charge in [-0.15, -0.1) is 0 Å². The summed E-state index contributed by atoms with van der Waals surface area (Å²) in [6, 6.07) is 16.3. The number of amides is 1. The number of hydrogen-bond acceptors (Lipinski definition) is 5. The first kappa shape index (κ1) is 20.1. The first-order valence-corrected chi connectivity index (χ1v) is 10.4. The fraction of sp³-hybridized carbons (Fsp3) is 0.348. The van der Waals surface area contributed by atoms with E-state index in [0.717, 1.165) is 48.7 Å². The van der Waals surface area contributed by atoms with Crippen LogP contribution in [0.15, 0.2) is 48.5 Å². The van der Waals surface area contributed by atoms with Crippen LogP contribution in [0, 0.1) is 6.92 Å². The molecule has 0 radical (unpaired) electrons. The lowest BCUT2D eigenvalue weighted by atomic mass is 10.1. The molecule has 2 N–H and O–H groups in total. The summed E-state index contributed by atoms with van der Waals surface area (Å²) in [5, 5.41) is 13.8. The molecule has 1 aliphatic heterocycles. The van der Waals surface area contributed by atoms with Gasteiger partial charge in [-0.2, -0.15) is 15.4 Å². The number of nitrogens with zero attached hydrogens (tertiary/aromatic N) is 4. The predicted molar refractivity (Wildman–Crippen MR) is 120 cm³/mol. The lowest BCUT2D eigenvalue weighted by Crippen LogP contribution is -2.48. The van der Waals surface area contributed by atoms with Crippen LogP contribution in [0.25, 0.3) is 11.3 Å². The molecular weight excluding hydrogens is 376 g/mol. The van der Waals surface area contributed by atoms with E-state index >= 15 is 0 Å². The Labute approximate surface area is 177 Å². The lowest BCUT2D eigenvalue weighted by Gasteiger charge is -2.38. The zero-order chi connectivity index (χ0) is 21.1. The molecule has 1 amide bonds. The Balaban J connectivity index is 1.51. The summed E-state index contributed by atoms with van der Waals surface area (Å²) in [7, 11) is 0. The summed E-state index contributed by atoms with van der Waals surface area (Å²) in [5.41, 5.74) is 4.70. The Morgan fingerprint density at radius 2 is 1.77 bits per heavy atom. The summed E-state index contributed by atoms with van der Waals surface area (Å²) in [5.74, 6) is -0.274. The Morgan fingerprint density at radius 1 is 1.03 bits per heavy atom. The van der Waals surface area contributed by atoms with Crippen molar-refractivity contribution in [2.24, 2.45) is 0 Å². The minimum absolute atomic E-state index is 0.274. The summed E-state index contributed by atoms with van der Waals surface area (Å²) >= 11 is 0. The predicted octanol–water partition coefficient (Wildman–Crippen LogP) is 3.56. The van der Waals surface area contributed by atoms with Gasteiger partial charge in [0.2, 0.25) is 0 Å². The third kappa shape index (κ3) is 4.36. The Morgan fingerprint density at radius 3 is 2.47 bits per heavy atom. The molecule has 1 fully saturated rings. The minimum Gasteiger partial charge on any atom is -0.369 e. The van der Waals surface area contributed by atoms with E-state index in [2.05, 4.69) is 57.4 Å². The van der Waals surface area contributed by atoms with E-state index in [9.17, 15) is 4.79 Å². The topological polar surface area (TPSA) is 77.1 Å². The summed E-state index contributed by atoms with van der Waals surface area (Å²) in [6.07, 6.45) is 0. The minimum atomic E-state index is -0.274. The molecule has 30 heavy (non-hydrogen) atoms. The Hall–Kier alpha value is -3.19. The molecular formula is C23H28N6O. The number of nitrogens with one attached hydrogen (secondary N) is 2. The monoisotopic (exact) mass is 404 g/mol. The average Bonchev–Trinajstić information content (AvgIpc) is 3.24. The maximum Gasteiger partial charge on any atom is 0.278 e. The summed E-state index contributed by atoms with van der Waals surface area (Å²) < 4.78 is 0. The van der Waals surface area contributed by atoms with Gasteiger partial charge in [0, 0.05) is 49.2 Å². The highest BCUT2D eigenvalue weighted by Gasteiger charge is 2.21. The number of benzene rings is 2. The Kier molecular flexibility index (Phi) is 5.81. The van der Waals surface area contributed by atoms with Gasteiger partial charge < -0.3 is 10.2 Å². The van der Waals surface area contributed by atoms with Crippen LogP contribution in [-0.2, 0) is 0 Å². The van der Waals surface area contributed by atoms with E-state index in [1.165, 1.54) is 0 Å². The number of anilines is 2. The van der Waals surface area contributed by atoms with E-state index in [1.807, 2.05) is 42.5 Å². The zero-order valence-corrected chi connectivity index (χ0v) is 17.7. The second-order valence-corrected chi connectivity index (χ2v) is 8.01. The molecule has 1 aliphatic rings. The van der Waals surface area contributed by atoms with Gasteiger partial charge in [-0.05, 0) is 44.5 Å². The van der Waals surface area contributed by atoms with Crippen molar-refractivity contribution in [3.8, 4) is 11.3 Å². The van der Waals surface area contributed by atoms with Crippen molar-refractivity contribution in [3.63, 3.8) is 0 Å². The van der Waals surface area contributed by atoms with Crippen LogP contribution >= 0.6 is 0 Å². The molecule has 4 rings (SSSR count). The van der Waals surface area contributed by atoms with E-state index in [0.29, 0.717) is 11.7 Å². The van der Waals surface area contributed by atoms with Crippen molar-refractivity contribution in [2.45, 2.75) is 26.8 Å². The van der Waals surface area contributed by atoms with Gasteiger partial charge in [0.1, 0.15) is 5.69 Å². The standard InChI is InChI=1S/C23H28N6O/c1-16(2)28-9-11-29(12-10-28)20-14-17(3)13-19(15-20)24-23(30)22-21(25-27-26-22)18-7-5-4-6-8-18/h4-8,13-16H,9-12H2,1-3H3,(H,24,30)(H,25,26,27). The van der Waals surface area contributed by atoms with Crippen LogP contribution in [0.3, 0.4) is 0 Å². The fourth-order valence-electron chi connectivity index (χ4n) is 3.89. The largest absolute Gasteiger partial charge is 0.369 e. The number of aryl methyl sites for hydroxylation is 1. The lowest BCUT2D eigenvalue weighted by molar-refractivity contribution is 0.102. The van der Waals surface area contributed by atoms with Crippen molar-refractivity contribution in [1.82, 2.24) is 20.3 Å². The van der Waals surface area contributed by atoms with E-state index < -0.39 is 0 Å². The van der Waals surface area contributed by atoms with Gasteiger partial charge in [-0.3, -0.25) is 9.69 Å². The number of aromatic amines is 1. The van der Waals surface area contributed by atoms with Gasteiger partial charge in [0.25, 0.3) is 5.91 Å². The van der Waals surface area contributed by atoms with Crippen LogP contribution in [0.4, 0.5) is 11.4 Å². The number of piperazine rings is 1. The second-order valence-electron chi connectivity index (χ2n) is 8.01. The molecule has 7 heteroatoms. The van der Waals surface area contributed by atoms with Crippen LogP contribution in [0.1, 0.15) is 29.9 Å². The van der Waals surface area contributed by atoms with Crippen LogP contribution in [0.5, 0.6) is 0 Å². The van der Waals surface area contributed by atoms with Crippen molar-refractivity contribution < 1.29 is 4.79 Å². The molecule has 156 valence electrons. The quantitative estimate of drug-likeness (QED) is 0.680. The third-order valence-electron chi connectivity index (χ3n) is 5.54. The molecule has 0 saturated carbocycles. The SMILES string of the molecule is Cc1cc(NC(=O)c2n[nH]nc2-c2ccccc2)cc(N2CCN(C(C)C)CC2)c1. The van der Waals surface area contributed by atoms with Crippen molar-refractivity contribution in [3.05, 3.63) is 59.8 Å². The molecule has 2 aromatic carbocycles. The third-order valence-corrected chi connectivity index (χ3v) is 5.54. The van der Waals surface area contributed by atoms with E-state index in [-0.39, 0.29) is 11.6 Å². The number of carbonyl (C=O) groups excluding carboxylic acids is 1. The molecule has 0 bridgehead atoms. The van der Waals surface area contributed by atoms with Crippen LogP contribution < -0.4 is 10.2 Å². The van der Waals surface area contributed by atoms with Crippen molar-refractivity contribution >= 4 is 17.3 Å². The molecule has 1 saturated heterocycles. The molecule has 7 nitrogen and oxygen atoms in total. The number of H-pyrrole nitrogens is 1. The van der Waals surface area contributed by atoms with Gasteiger partial charge >= 0.3 is 0 Å². The second kappa shape index (κ2) is 8.67. The van der Waals surface area contributed by atoms with E-state index in [4.69, 9.17) is 0 Å². The molecule has 1 aromatic heterocycles. The number of aromatic nitrogens is 3. The van der Waals surface area contributed by atoms with Crippen molar-refractivity contribution in [2.75, 3.05) is 36.4 Å². The molecule has 0 unspecified atom stereocenters. The van der Waals surface area contributed by atoms with Crippen LogP contribution in [-0.4, -0.2) is 58.4 Å². The normalized spacial score (nSPS) is 14.9. The van der Waals surface area contributed by atoms with Gasteiger partial charge in [0.05, 0.1) is 0 Å². The number of carbonyl (C=O) groups is 1. The highest BCUT2D eigenvalue weighted by Crippen LogP contribution is 2.25. The molecule has 0 aliphatic carbocycles. The molecule has 2 heterocycles. The zero-order valence-electron chi connectivity index (χ0n) is 17.7. The summed E-state index contributed by atoms with van der Waals surface area (Å²) in [4.78, 5) is 17.8. The number of rotatable bonds is 5. The van der Waals surface area contributed by atoms with Crippen molar-refractivity contribution in [1.29, 1.82) is 0 Å². The molecule has 3 aromatic rings. The maximum absolute atomic E-state index is 12.9. The fourth-order valence-corrected chi connectivity index (χ4v) is 3.89. The Bertz CT molecular complexity index is 1010. The molecule has 0 atom stereocenters. The van der Waals surface area contributed by atoms with E-state index in [1.54, 1.807) is 0 Å².